The summed E-state index contributed by atoms with van der Waals surface area (Å²) in [5.41, 5.74) is 3.71. The Bertz CT molecular complexity index is 540. The van der Waals surface area contributed by atoms with E-state index in [2.05, 4.69) is 9.88 Å². The van der Waals surface area contributed by atoms with Crippen LogP contribution in [0.1, 0.15) is 10.5 Å². The predicted octanol–water partition coefficient (Wildman–Crippen LogP) is -2.03. The number of morpholine rings is 1. The smallest absolute Gasteiger partial charge is 0.328 e. The van der Waals surface area contributed by atoms with Crippen molar-refractivity contribution in [2.45, 2.75) is 6.54 Å². The molecular weight excluding hydrogens is 252 g/mol. The number of hydrogen-bond donors (Lipinski definition) is 2. The van der Waals surface area contributed by atoms with Gasteiger partial charge in [-0.2, -0.15) is 0 Å². The van der Waals surface area contributed by atoms with Gasteiger partial charge in [-0.3, -0.25) is 19.1 Å². The van der Waals surface area contributed by atoms with Gasteiger partial charge in [0.15, 0.2) is 0 Å². The van der Waals surface area contributed by atoms with Crippen LogP contribution in [0.3, 0.4) is 0 Å². The van der Waals surface area contributed by atoms with E-state index in [0.717, 1.165) is 23.7 Å². The van der Waals surface area contributed by atoms with Gasteiger partial charge in [-0.1, -0.05) is 0 Å². The van der Waals surface area contributed by atoms with Crippen LogP contribution in [0.2, 0.25) is 0 Å². The van der Waals surface area contributed by atoms with Crippen molar-refractivity contribution < 1.29 is 9.53 Å². The van der Waals surface area contributed by atoms with Crippen LogP contribution in [-0.2, 0) is 11.3 Å². The topological polar surface area (TPSA) is 110 Å². The highest BCUT2D eigenvalue weighted by Crippen LogP contribution is 1.96. The second kappa shape index (κ2) is 5.81. The monoisotopic (exact) mass is 268 g/mol. The largest absolute Gasteiger partial charge is 0.379 e. The average Bonchev–Trinajstić information content (AvgIpc) is 2.38. The van der Waals surface area contributed by atoms with Crippen LogP contribution >= 0.6 is 0 Å². The Morgan fingerprint density at radius 3 is 2.58 bits per heavy atom. The van der Waals surface area contributed by atoms with Crippen molar-refractivity contribution in [3.8, 4) is 0 Å². The Morgan fingerprint density at radius 1 is 1.32 bits per heavy atom. The second-order valence-electron chi connectivity index (χ2n) is 4.30. The minimum absolute atomic E-state index is 0.169. The molecule has 0 atom stereocenters. The number of rotatable bonds is 4. The van der Waals surface area contributed by atoms with Crippen LogP contribution in [0.25, 0.3) is 0 Å². The number of carbonyl (C=O) groups is 1. The molecule has 8 nitrogen and oxygen atoms in total. The standard InChI is InChI=1S/C11H16N4O4/c12-10(17)8-7-9(16)15(11(18)13-8)2-1-14-3-5-19-6-4-14/h7H,1-6H2,(H2,12,17)(H,13,18). The fourth-order valence-corrected chi connectivity index (χ4v) is 1.93. The first-order chi connectivity index (χ1) is 9.08. The van der Waals surface area contributed by atoms with E-state index in [1.165, 1.54) is 0 Å². The van der Waals surface area contributed by atoms with Crippen LogP contribution in [-0.4, -0.2) is 53.2 Å². The number of carbonyl (C=O) groups excluding carboxylic acids is 1. The number of aromatic nitrogens is 2. The quantitative estimate of drug-likeness (QED) is 0.654. The molecule has 1 aliphatic heterocycles. The van der Waals surface area contributed by atoms with Crippen LogP contribution in [0.4, 0.5) is 0 Å². The second-order valence-corrected chi connectivity index (χ2v) is 4.30. The zero-order valence-electron chi connectivity index (χ0n) is 10.4. The van der Waals surface area contributed by atoms with Gasteiger partial charge in [-0.05, 0) is 0 Å². The zero-order valence-corrected chi connectivity index (χ0v) is 10.4. The summed E-state index contributed by atoms with van der Waals surface area (Å²) >= 11 is 0. The van der Waals surface area contributed by atoms with Crippen molar-refractivity contribution in [2.75, 3.05) is 32.8 Å². The van der Waals surface area contributed by atoms with E-state index in [-0.39, 0.29) is 12.2 Å². The Morgan fingerprint density at radius 2 is 2.00 bits per heavy atom. The first-order valence-electron chi connectivity index (χ1n) is 6.02. The van der Waals surface area contributed by atoms with Gasteiger partial charge < -0.3 is 15.5 Å². The Kier molecular flexibility index (Phi) is 4.13. The van der Waals surface area contributed by atoms with Crippen LogP contribution < -0.4 is 17.0 Å². The highest BCUT2D eigenvalue weighted by atomic mass is 16.5. The molecule has 1 fully saturated rings. The lowest BCUT2D eigenvalue weighted by Crippen LogP contribution is -2.43. The maximum Gasteiger partial charge on any atom is 0.328 e. The fourth-order valence-electron chi connectivity index (χ4n) is 1.93. The Balaban J connectivity index is 2.10. The zero-order chi connectivity index (χ0) is 13.8. The summed E-state index contributed by atoms with van der Waals surface area (Å²) in [7, 11) is 0. The summed E-state index contributed by atoms with van der Waals surface area (Å²) in [6.45, 7) is 3.74. The molecule has 19 heavy (non-hydrogen) atoms. The van der Waals surface area contributed by atoms with Crippen molar-refractivity contribution in [3.05, 3.63) is 32.6 Å². The summed E-state index contributed by atoms with van der Waals surface area (Å²) in [5.74, 6) is -0.825. The number of aromatic amines is 1. The molecule has 3 N–H and O–H groups in total. The Labute approximate surface area is 108 Å². The fraction of sp³-hybridized carbons (Fsp3) is 0.545. The number of H-pyrrole nitrogens is 1. The molecule has 0 spiro atoms. The number of nitrogens with zero attached hydrogens (tertiary/aromatic N) is 2. The van der Waals surface area contributed by atoms with Crippen molar-refractivity contribution in [1.82, 2.24) is 14.5 Å². The molecule has 104 valence electrons. The van der Waals surface area contributed by atoms with Gasteiger partial charge in [-0.25, -0.2) is 4.79 Å². The molecular formula is C11H16N4O4. The van der Waals surface area contributed by atoms with Crippen molar-refractivity contribution in [3.63, 3.8) is 0 Å². The molecule has 0 aliphatic carbocycles. The summed E-state index contributed by atoms with van der Waals surface area (Å²) in [6.07, 6.45) is 0. The Hall–Kier alpha value is -1.93. The highest BCUT2D eigenvalue weighted by Gasteiger charge is 2.12. The van der Waals surface area contributed by atoms with E-state index in [0.29, 0.717) is 19.8 Å². The molecule has 1 aliphatic rings. The molecule has 8 heteroatoms. The minimum Gasteiger partial charge on any atom is -0.379 e. The van der Waals surface area contributed by atoms with E-state index < -0.39 is 17.2 Å². The molecule has 0 bridgehead atoms. The average molecular weight is 268 g/mol. The molecule has 1 aromatic rings. The van der Waals surface area contributed by atoms with E-state index in [4.69, 9.17) is 10.5 Å². The molecule has 1 saturated heterocycles. The van der Waals surface area contributed by atoms with Gasteiger partial charge in [-0.15, -0.1) is 0 Å². The maximum atomic E-state index is 11.7. The predicted molar refractivity (Wildman–Crippen MR) is 67.1 cm³/mol. The maximum absolute atomic E-state index is 11.7. The molecule has 1 aromatic heterocycles. The van der Waals surface area contributed by atoms with Gasteiger partial charge >= 0.3 is 5.69 Å². The normalized spacial score (nSPS) is 16.4. The van der Waals surface area contributed by atoms with Gasteiger partial charge in [0.25, 0.3) is 11.5 Å². The summed E-state index contributed by atoms with van der Waals surface area (Å²) in [5, 5.41) is 0. The lowest BCUT2D eigenvalue weighted by atomic mass is 10.4. The van der Waals surface area contributed by atoms with Crippen molar-refractivity contribution in [1.29, 1.82) is 0 Å². The SMILES string of the molecule is NC(=O)c1cc(=O)n(CCN2CCOCC2)c(=O)[nH]1. The molecule has 2 heterocycles. The summed E-state index contributed by atoms with van der Waals surface area (Å²) < 4.78 is 6.27. The van der Waals surface area contributed by atoms with E-state index >= 15 is 0 Å². The van der Waals surface area contributed by atoms with E-state index in [9.17, 15) is 14.4 Å². The number of nitrogens with one attached hydrogen (secondary N) is 1. The third-order valence-corrected chi connectivity index (χ3v) is 3.03. The number of primary amides is 1. The van der Waals surface area contributed by atoms with Gasteiger partial charge in [0.1, 0.15) is 5.69 Å². The molecule has 0 aromatic carbocycles. The summed E-state index contributed by atoms with van der Waals surface area (Å²) in [6, 6.07) is 1.04. The third-order valence-electron chi connectivity index (χ3n) is 3.03. The first kappa shape index (κ1) is 13.5. The van der Waals surface area contributed by atoms with Crippen molar-refractivity contribution in [2.24, 2.45) is 5.73 Å². The van der Waals surface area contributed by atoms with Crippen LogP contribution in [0, 0.1) is 0 Å². The van der Waals surface area contributed by atoms with Gasteiger partial charge in [0, 0.05) is 32.2 Å². The lowest BCUT2D eigenvalue weighted by Gasteiger charge is -2.26. The third kappa shape index (κ3) is 3.30. The molecule has 0 unspecified atom stereocenters. The number of hydrogen-bond acceptors (Lipinski definition) is 5. The highest BCUT2D eigenvalue weighted by molar-refractivity contribution is 5.90. The van der Waals surface area contributed by atoms with Gasteiger partial charge in [0.2, 0.25) is 0 Å². The lowest BCUT2D eigenvalue weighted by molar-refractivity contribution is 0.0361. The van der Waals surface area contributed by atoms with Gasteiger partial charge in [0.05, 0.1) is 13.2 Å². The van der Waals surface area contributed by atoms with E-state index in [1.54, 1.807) is 0 Å². The molecule has 1 amide bonds. The van der Waals surface area contributed by atoms with Crippen molar-refractivity contribution >= 4 is 5.91 Å². The number of ether oxygens (including phenoxy) is 1. The summed E-state index contributed by atoms with van der Waals surface area (Å²) in [4.78, 5) is 38.7. The number of nitrogens with two attached hydrogens (primary N) is 1. The molecule has 0 saturated carbocycles. The van der Waals surface area contributed by atoms with Crippen LogP contribution in [0.15, 0.2) is 15.7 Å². The first-order valence-corrected chi connectivity index (χ1v) is 6.02. The molecule has 2 rings (SSSR count). The molecule has 0 radical (unpaired) electrons. The van der Waals surface area contributed by atoms with E-state index in [1.807, 2.05) is 0 Å². The minimum atomic E-state index is -0.825. The number of amides is 1. The van der Waals surface area contributed by atoms with Crippen LogP contribution in [0.5, 0.6) is 0 Å².